The van der Waals surface area contributed by atoms with Crippen molar-refractivity contribution in [2.24, 2.45) is 5.92 Å². The van der Waals surface area contributed by atoms with Gasteiger partial charge in [-0.1, -0.05) is 34.5 Å². The van der Waals surface area contributed by atoms with Crippen LogP contribution in [0.4, 0.5) is 0 Å². The first-order valence-corrected chi connectivity index (χ1v) is 7.65. The Balaban J connectivity index is 2.23. The van der Waals surface area contributed by atoms with Gasteiger partial charge in [0.05, 0.1) is 6.61 Å². The Morgan fingerprint density at radius 3 is 3.06 bits per heavy atom. The zero-order valence-corrected chi connectivity index (χ0v) is 12.9. The predicted molar refractivity (Wildman–Crippen MR) is 79.1 cm³/mol. The van der Waals surface area contributed by atoms with Crippen molar-refractivity contribution in [2.75, 3.05) is 19.8 Å². The van der Waals surface area contributed by atoms with Gasteiger partial charge in [-0.3, -0.25) is 0 Å². The van der Waals surface area contributed by atoms with Crippen molar-refractivity contribution in [3.63, 3.8) is 0 Å². The summed E-state index contributed by atoms with van der Waals surface area (Å²) in [6.07, 6.45) is 2.22. The highest BCUT2D eigenvalue weighted by Crippen LogP contribution is 2.34. The number of nitrogens with one attached hydrogen (secondary N) is 1. The fraction of sp³-hybridized carbons (Fsp3) is 0.571. The molecule has 1 aliphatic rings. The van der Waals surface area contributed by atoms with Crippen LogP contribution >= 0.6 is 27.5 Å². The maximum Gasteiger partial charge on any atom is 0.0513 e. The molecule has 100 valence electrons. The van der Waals surface area contributed by atoms with Crippen molar-refractivity contribution >= 4 is 27.5 Å². The highest BCUT2D eigenvalue weighted by atomic mass is 79.9. The highest BCUT2D eigenvalue weighted by Gasteiger charge is 2.28. The molecular formula is C14H19BrClNO. The summed E-state index contributed by atoms with van der Waals surface area (Å²) in [5.74, 6) is 0.517. The molecule has 18 heavy (non-hydrogen) atoms. The molecule has 2 rings (SSSR count). The highest BCUT2D eigenvalue weighted by molar-refractivity contribution is 9.10. The SMILES string of the molecule is CCCNC(c1cc(Br)ccc1Cl)C1CCOC1. The number of ether oxygens (including phenoxy) is 1. The van der Waals surface area contributed by atoms with Gasteiger partial charge in [0.25, 0.3) is 0 Å². The molecule has 1 aromatic carbocycles. The summed E-state index contributed by atoms with van der Waals surface area (Å²) < 4.78 is 6.59. The first-order valence-electron chi connectivity index (χ1n) is 6.48. The third-order valence-electron chi connectivity index (χ3n) is 3.34. The largest absolute Gasteiger partial charge is 0.381 e. The summed E-state index contributed by atoms with van der Waals surface area (Å²) in [6.45, 7) is 4.87. The number of rotatable bonds is 5. The number of halogens is 2. The summed E-state index contributed by atoms with van der Waals surface area (Å²) in [6, 6.07) is 6.34. The molecule has 2 unspecified atom stereocenters. The molecule has 1 saturated heterocycles. The average Bonchev–Trinajstić information content (AvgIpc) is 2.88. The average molecular weight is 333 g/mol. The second-order valence-corrected chi connectivity index (χ2v) is 6.04. The fourth-order valence-electron chi connectivity index (χ4n) is 2.40. The zero-order valence-electron chi connectivity index (χ0n) is 10.6. The van der Waals surface area contributed by atoms with Crippen molar-refractivity contribution in [3.8, 4) is 0 Å². The van der Waals surface area contributed by atoms with Crippen LogP contribution in [0.25, 0.3) is 0 Å². The van der Waals surface area contributed by atoms with Crippen LogP contribution in [0.1, 0.15) is 31.4 Å². The van der Waals surface area contributed by atoms with E-state index in [1.54, 1.807) is 0 Å². The molecule has 0 radical (unpaired) electrons. The topological polar surface area (TPSA) is 21.3 Å². The summed E-state index contributed by atoms with van der Waals surface area (Å²) in [5, 5.41) is 4.44. The summed E-state index contributed by atoms with van der Waals surface area (Å²) in [7, 11) is 0. The maximum absolute atomic E-state index is 6.35. The fourth-order valence-corrected chi connectivity index (χ4v) is 3.01. The standard InChI is InChI=1S/C14H19BrClNO/c1-2-6-17-14(10-5-7-18-9-10)12-8-11(15)3-4-13(12)16/h3-4,8,10,14,17H,2,5-7,9H2,1H3. The van der Waals surface area contributed by atoms with Crippen LogP contribution in [-0.2, 0) is 4.74 Å². The van der Waals surface area contributed by atoms with Gasteiger partial charge in [-0.25, -0.2) is 0 Å². The third-order valence-corrected chi connectivity index (χ3v) is 4.18. The van der Waals surface area contributed by atoms with E-state index in [-0.39, 0.29) is 6.04 Å². The minimum Gasteiger partial charge on any atom is -0.381 e. The van der Waals surface area contributed by atoms with Crippen molar-refractivity contribution in [1.29, 1.82) is 0 Å². The molecule has 2 atom stereocenters. The molecule has 0 amide bonds. The molecular weight excluding hydrogens is 314 g/mol. The van der Waals surface area contributed by atoms with Crippen LogP contribution in [-0.4, -0.2) is 19.8 Å². The molecule has 0 spiro atoms. The van der Waals surface area contributed by atoms with E-state index in [2.05, 4.69) is 34.2 Å². The van der Waals surface area contributed by atoms with Gasteiger partial charge in [-0.15, -0.1) is 0 Å². The molecule has 1 heterocycles. The Morgan fingerprint density at radius 1 is 1.56 bits per heavy atom. The van der Waals surface area contributed by atoms with Gasteiger partial charge in [0.15, 0.2) is 0 Å². The molecule has 1 N–H and O–H groups in total. The molecule has 1 aliphatic heterocycles. The number of hydrogen-bond donors (Lipinski definition) is 1. The normalized spacial score (nSPS) is 21.2. The Kier molecular flexibility index (Phi) is 5.49. The van der Waals surface area contributed by atoms with Crippen LogP contribution in [0.15, 0.2) is 22.7 Å². The van der Waals surface area contributed by atoms with Gasteiger partial charge in [0.2, 0.25) is 0 Å². The van der Waals surface area contributed by atoms with Crippen molar-refractivity contribution in [2.45, 2.75) is 25.8 Å². The first-order chi connectivity index (χ1) is 8.72. The summed E-state index contributed by atoms with van der Waals surface area (Å²) in [4.78, 5) is 0. The number of hydrogen-bond acceptors (Lipinski definition) is 2. The summed E-state index contributed by atoms with van der Waals surface area (Å²) in [5.41, 5.74) is 1.18. The van der Waals surface area contributed by atoms with Crippen LogP contribution in [0.3, 0.4) is 0 Å². The van der Waals surface area contributed by atoms with E-state index >= 15 is 0 Å². The van der Waals surface area contributed by atoms with Gasteiger partial charge in [-0.2, -0.15) is 0 Å². The van der Waals surface area contributed by atoms with Crippen molar-refractivity contribution in [1.82, 2.24) is 5.32 Å². The molecule has 0 aliphatic carbocycles. The molecule has 1 aromatic rings. The Bertz CT molecular complexity index is 393. The lowest BCUT2D eigenvalue weighted by Crippen LogP contribution is -2.29. The summed E-state index contributed by atoms with van der Waals surface area (Å²) >= 11 is 9.87. The van der Waals surface area contributed by atoms with E-state index in [1.165, 1.54) is 5.56 Å². The van der Waals surface area contributed by atoms with E-state index in [4.69, 9.17) is 16.3 Å². The van der Waals surface area contributed by atoms with Gasteiger partial charge in [0, 0.05) is 28.1 Å². The van der Waals surface area contributed by atoms with E-state index in [1.807, 2.05) is 12.1 Å². The van der Waals surface area contributed by atoms with Crippen LogP contribution in [0.2, 0.25) is 5.02 Å². The molecule has 2 nitrogen and oxygen atoms in total. The van der Waals surface area contributed by atoms with Gasteiger partial charge < -0.3 is 10.1 Å². The lowest BCUT2D eigenvalue weighted by atomic mass is 9.92. The van der Waals surface area contributed by atoms with E-state index < -0.39 is 0 Å². The molecule has 0 bridgehead atoms. The first kappa shape index (κ1) is 14.3. The van der Waals surface area contributed by atoms with Crippen molar-refractivity contribution < 1.29 is 4.74 Å². The van der Waals surface area contributed by atoms with E-state index in [0.717, 1.165) is 42.1 Å². The lowest BCUT2D eigenvalue weighted by molar-refractivity contribution is 0.176. The Morgan fingerprint density at radius 2 is 2.39 bits per heavy atom. The smallest absolute Gasteiger partial charge is 0.0513 e. The van der Waals surface area contributed by atoms with E-state index in [0.29, 0.717) is 5.92 Å². The second kappa shape index (κ2) is 6.90. The van der Waals surface area contributed by atoms with Crippen LogP contribution in [0.5, 0.6) is 0 Å². The molecule has 4 heteroatoms. The lowest BCUT2D eigenvalue weighted by Gasteiger charge is -2.25. The monoisotopic (exact) mass is 331 g/mol. The molecule has 0 saturated carbocycles. The van der Waals surface area contributed by atoms with Crippen LogP contribution in [0, 0.1) is 5.92 Å². The Hall–Kier alpha value is -0.0900. The zero-order chi connectivity index (χ0) is 13.0. The third kappa shape index (κ3) is 3.47. The number of benzene rings is 1. The van der Waals surface area contributed by atoms with Gasteiger partial charge >= 0.3 is 0 Å². The van der Waals surface area contributed by atoms with Gasteiger partial charge in [-0.05, 0) is 43.1 Å². The van der Waals surface area contributed by atoms with Gasteiger partial charge in [0.1, 0.15) is 0 Å². The second-order valence-electron chi connectivity index (χ2n) is 4.72. The quantitative estimate of drug-likeness (QED) is 0.873. The Labute approximate surface area is 122 Å². The minimum absolute atomic E-state index is 0.289. The predicted octanol–water partition coefficient (Wildman–Crippen LogP) is 4.18. The molecule has 1 fully saturated rings. The van der Waals surface area contributed by atoms with Crippen LogP contribution < -0.4 is 5.32 Å². The van der Waals surface area contributed by atoms with Crippen molar-refractivity contribution in [3.05, 3.63) is 33.3 Å². The maximum atomic E-state index is 6.35. The molecule has 0 aromatic heterocycles. The van der Waals surface area contributed by atoms with E-state index in [9.17, 15) is 0 Å². The minimum atomic E-state index is 0.289.